The van der Waals surface area contributed by atoms with Gasteiger partial charge in [0.1, 0.15) is 11.5 Å². The lowest BCUT2D eigenvalue weighted by molar-refractivity contribution is -0.130. The van der Waals surface area contributed by atoms with Crippen molar-refractivity contribution in [2.45, 2.75) is 19.0 Å². The predicted octanol–water partition coefficient (Wildman–Crippen LogP) is 1.94. The maximum absolute atomic E-state index is 12.5. The van der Waals surface area contributed by atoms with Crippen LogP contribution in [0.3, 0.4) is 0 Å². The average Bonchev–Trinajstić information content (AvgIpc) is 2.78. The Bertz CT molecular complexity index is 1180. The number of hydrogen-bond acceptors (Lipinski definition) is 6. The van der Waals surface area contributed by atoms with Crippen LogP contribution in [0.1, 0.15) is 12.0 Å². The van der Waals surface area contributed by atoms with Gasteiger partial charge in [0.25, 0.3) is 5.56 Å². The number of benzene rings is 1. The van der Waals surface area contributed by atoms with Crippen LogP contribution in [-0.4, -0.2) is 54.2 Å². The van der Waals surface area contributed by atoms with Crippen molar-refractivity contribution in [3.05, 3.63) is 52.7 Å². The zero-order valence-electron chi connectivity index (χ0n) is 18.1. The van der Waals surface area contributed by atoms with Crippen LogP contribution in [0.25, 0.3) is 21.9 Å². The smallest absolute Gasteiger partial charge is 0.259 e. The molecule has 3 heterocycles. The van der Waals surface area contributed by atoms with Crippen LogP contribution in [0, 0.1) is 0 Å². The van der Waals surface area contributed by atoms with Gasteiger partial charge in [-0.05, 0) is 35.6 Å². The summed E-state index contributed by atoms with van der Waals surface area (Å²) in [6, 6.07) is 5.60. The molecule has 0 bridgehead atoms. The second kappa shape index (κ2) is 8.39. The number of nitrogens with zero attached hydrogens (tertiary/aromatic N) is 3. The van der Waals surface area contributed by atoms with E-state index in [9.17, 15) is 9.59 Å². The number of methoxy groups -OCH3 is 2. The van der Waals surface area contributed by atoms with Crippen molar-refractivity contribution < 1.29 is 14.3 Å². The number of amides is 1. The van der Waals surface area contributed by atoms with Gasteiger partial charge in [-0.1, -0.05) is 0 Å². The minimum atomic E-state index is -0.140. The molecular formula is C23H26N4O4. The van der Waals surface area contributed by atoms with Gasteiger partial charge in [0.05, 0.1) is 31.2 Å². The second-order valence-electron chi connectivity index (χ2n) is 7.63. The number of nitrogens with one attached hydrogen (secondary N) is 1. The standard InChI is InChI=1S/C23H26N4O4/c1-24-22(28)19-6-8-27(19)13-18-20(30-3)9-14(10-21(18)31-4)17-12-26(2)23(29)16-11-25-7-5-15(16)17/h5,7,9-12,19H,6,8,13H2,1-4H3,(H,24,28)/t19-/m1/s1. The fourth-order valence-electron chi connectivity index (χ4n) is 4.13. The number of rotatable bonds is 6. The van der Waals surface area contributed by atoms with E-state index in [1.54, 1.807) is 45.3 Å². The largest absolute Gasteiger partial charge is 0.496 e. The Morgan fingerprint density at radius 2 is 1.94 bits per heavy atom. The molecule has 0 radical (unpaired) electrons. The third kappa shape index (κ3) is 3.63. The summed E-state index contributed by atoms with van der Waals surface area (Å²) < 4.78 is 13.0. The molecule has 1 aromatic carbocycles. The summed E-state index contributed by atoms with van der Waals surface area (Å²) in [7, 11) is 6.63. The highest BCUT2D eigenvalue weighted by atomic mass is 16.5. The van der Waals surface area contributed by atoms with Gasteiger partial charge in [0.15, 0.2) is 0 Å². The summed E-state index contributed by atoms with van der Waals surface area (Å²) in [6.45, 7) is 1.38. The Morgan fingerprint density at radius 1 is 1.23 bits per heavy atom. The number of likely N-dealkylation sites (tertiary alicyclic amines) is 1. The first kappa shape index (κ1) is 20.9. The van der Waals surface area contributed by atoms with Crippen molar-refractivity contribution in [2.75, 3.05) is 27.8 Å². The third-order valence-corrected chi connectivity index (χ3v) is 5.94. The molecule has 1 fully saturated rings. The number of fused-ring (bicyclic) bond motifs is 1. The molecule has 0 unspecified atom stereocenters. The summed E-state index contributed by atoms with van der Waals surface area (Å²) in [5.41, 5.74) is 2.55. The number of hydrogen-bond donors (Lipinski definition) is 1. The number of aromatic nitrogens is 2. The molecule has 4 rings (SSSR count). The summed E-state index contributed by atoms with van der Waals surface area (Å²) in [5.74, 6) is 1.37. The fourth-order valence-corrected chi connectivity index (χ4v) is 4.13. The molecule has 162 valence electrons. The molecule has 1 aliphatic rings. The van der Waals surface area contributed by atoms with Crippen molar-refractivity contribution in [1.29, 1.82) is 0 Å². The third-order valence-electron chi connectivity index (χ3n) is 5.94. The second-order valence-corrected chi connectivity index (χ2v) is 7.63. The first-order valence-corrected chi connectivity index (χ1v) is 10.1. The van der Waals surface area contributed by atoms with Gasteiger partial charge >= 0.3 is 0 Å². The van der Waals surface area contributed by atoms with E-state index in [0.717, 1.165) is 35.0 Å². The summed E-state index contributed by atoms with van der Waals surface area (Å²) in [4.78, 5) is 30.8. The van der Waals surface area contributed by atoms with Crippen LogP contribution in [0.15, 0.2) is 41.6 Å². The lowest BCUT2D eigenvalue weighted by Gasteiger charge is -2.39. The number of carbonyl (C=O) groups is 1. The molecular weight excluding hydrogens is 396 g/mol. The first-order valence-electron chi connectivity index (χ1n) is 10.1. The van der Waals surface area contributed by atoms with Gasteiger partial charge in [-0.2, -0.15) is 0 Å². The molecule has 8 heteroatoms. The Balaban J connectivity index is 1.81. The lowest BCUT2D eigenvalue weighted by Crippen LogP contribution is -2.54. The van der Waals surface area contributed by atoms with Crippen LogP contribution < -0.4 is 20.3 Å². The van der Waals surface area contributed by atoms with Gasteiger partial charge in [-0.15, -0.1) is 0 Å². The Kier molecular flexibility index (Phi) is 5.65. The number of pyridine rings is 2. The zero-order valence-corrected chi connectivity index (χ0v) is 18.1. The fraction of sp³-hybridized carbons (Fsp3) is 0.348. The molecule has 1 amide bonds. The molecule has 1 N–H and O–H groups in total. The Labute approximate surface area is 180 Å². The molecule has 8 nitrogen and oxygen atoms in total. The molecule has 1 saturated heterocycles. The van der Waals surface area contributed by atoms with Crippen molar-refractivity contribution in [2.24, 2.45) is 7.05 Å². The molecule has 2 aromatic heterocycles. The number of carbonyl (C=O) groups excluding carboxylic acids is 1. The van der Waals surface area contributed by atoms with E-state index in [-0.39, 0.29) is 17.5 Å². The first-order chi connectivity index (χ1) is 15.0. The van der Waals surface area contributed by atoms with Crippen LogP contribution >= 0.6 is 0 Å². The van der Waals surface area contributed by atoms with E-state index in [1.165, 1.54) is 0 Å². The zero-order chi connectivity index (χ0) is 22.1. The van der Waals surface area contributed by atoms with E-state index >= 15 is 0 Å². The van der Waals surface area contributed by atoms with E-state index in [4.69, 9.17) is 9.47 Å². The van der Waals surface area contributed by atoms with Crippen molar-refractivity contribution in [3.63, 3.8) is 0 Å². The van der Waals surface area contributed by atoms with E-state index < -0.39 is 0 Å². The maximum Gasteiger partial charge on any atom is 0.259 e. The average molecular weight is 422 g/mol. The van der Waals surface area contributed by atoms with Crippen LogP contribution in [0.4, 0.5) is 0 Å². The summed E-state index contributed by atoms with van der Waals surface area (Å²) >= 11 is 0. The van der Waals surface area contributed by atoms with Gasteiger partial charge in [0, 0.05) is 51.3 Å². The number of ether oxygens (including phenoxy) is 2. The van der Waals surface area contributed by atoms with Crippen LogP contribution in [0.2, 0.25) is 0 Å². The highest BCUT2D eigenvalue weighted by molar-refractivity contribution is 5.95. The van der Waals surface area contributed by atoms with Crippen molar-refractivity contribution >= 4 is 16.7 Å². The highest BCUT2D eigenvalue weighted by Gasteiger charge is 2.34. The molecule has 0 aliphatic carbocycles. The minimum absolute atomic E-state index is 0.0195. The van der Waals surface area contributed by atoms with Gasteiger partial charge in [0.2, 0.25) is 5.91 Å². The van der Waals surface area contributed by atoms with E-state index in [2.05, 4.69) is 15.2 Å². The number of aryl methyl sites for hydroxylation is 1. The SMILES string of the molecule is CNC(=O)[C@H]1CCN1Cc1c(OC)cc(-c2cn(C)c(=O)c3cnccc23)cc1OC. The summed E-state index contributed by atoms with van der Waals surface area (Å²) in [5, 5.41) is 4.09. The van der Waals surface area contributed by atoms with Crippen molar-refractivity contribution in [1.82, 2.24) is 19.8 Å². The molecule has 0 spiro atoms. The monoisotopic (exact) mass is 422 g/mol. The molecule has 0 saturated carbocycles. The van der Waals surface area contributed by atoms with Crippen LogP contribution in [-0.2, 0) is 18.4 Å². The lowest BCUT2D eigenvalue weighted by atomic mass is 9.97. The predicted molar refractivity (Wildman–Crippen MR) is 118 cm³/mol. The van der Waals surface area contributed by atoms with Crippen LogP contribution in [0.5, 0.6) is 11.5 Å². The summed E-state index contributed by atoms with van der Waals surface area (Å²) in [6.07, 6.45) is 5.92. The highest BCUT2D eigenvalue weighted by Crippen LogP contribution is 2.38. The minimum Gasteiger partial charge on any atom is -0.496 e. The Morgan fingerprint density at radius 3 is 2.52 bits per heavy atom. The van der Waals surface area contributed by atoms with Crippen molar-refractivity contribution in [3.8, 4) is 22.6 Å². The quantitative estimate of drug-likeness (QED) is 0.654. The van der Waals surface area contributed by atoms with Gasteiger partial charge in [-0.25, -0.2) is 0 Å². The van der Waals surface area contributed by atoms with E-state index in [0.29, 0.717) is 23.4 Å². The molecule has 31 heavy (non-hydrogen) atoms. The van der Waals surface area contributed by atoms with Gasteiger partial charge in [-0.3, -0.25) is 19.5 Å². The molecule has 3 aromatic rings. The molecule has 1 aliphatic heterocycles. The maximum atomic E-state index is 12.5. The topological polar surface area (TPSA) is 85.7 Å². The van der Waals surface area contributed by atoms with E-state index in [1.807, 2.05) is 24.4 Å². The normalized spacial score (nSPS) is 16.1. The number of likely N-dealkylation sites (N-methyl/N-ethyl adjacent to an activating group) is 1. The van der Waals surface area contributed by atoms with Gasteiger partial charge < -0.3 is 19.4 Å². The molecule has 1 atom stereocenters. The Hall–Kier alpha value is -3.39.